The fourth-order valence-electron chi connectivity index (χ4n) is 3.07. The molecule has 0 unspecified atom stereocenters. The van der Waals surface area contributed by atoms with Gasteiger partial charge in [0.2, 0.25) is 5.91 Å². The van der Waals surface area contributed by atoms with Gasteiger partial charge in [0.05, 0.1) is 18.4 Å². The number of thioether (sulfide) groups is 1. The van der Waals surface area contributed by atoms with Crippen molar-refractivity contribution in [3.05, 3.63) is 35.9 Å². The van der Waals surface area contributed by atoms with E-state index in [9.17, 15) is 9.18 Å². The molecule has 1 amide bonds. The highest BCUT2D eigenvalue weighted by molar-refractivity contribution is 7.99. The summed E-state index contributed by atoms with van der Waals surface area (Å²) in [6.45, 7) is 1.56. The Hall–Kier alpha value is -1.93. The van der Waals surface area contributed by atoms with Gasteiger partial charge < -0.3 is 14.6 Å². The Morgan fingerprint density at radius 2 is 2.08 bits per heavy atom. The minimum absolute atomic E-state index is 0.152. The minimum Gasteiger partial charge on any atom is -0.376 e. The van der Waals surface area contributed by atoms with Crippen LogP contribution in [0.1, 0.15) is 37.4 Å². The molecular formula is C18H21FN4O2S. The maximum Gasteiger partial charge on any atom is 0.234 e. The van der Waals surface area contributed by atoms with E-state index in [0.29, 0.717) is 11.6 Å². The molecule has 1 aliphatic carbocycles. The number of hydrogen-bond acceptors (Lipinski definition) is 5. The van der Waals surface area contributed by atoms with Gasteiger partial charge in [-0.05, 0) is 49.9 Å². The molecule has 1 saturated carbocycles. The Kier molecular flexibility index (Phi) is 5.21. The molecule has 1 N–H and O–H groups in total. The molecule has 2 aromatic rings. The van der Waals surface area contributed by atoms with Gasteiger partial charge in [-0.2, -0.15) is 0 Å². The summed E-state index contributed by atoms with van der Waals surface area (Å²) in [6.07, 6.45) is 4.65. The Morgan fingerprint density at radius 1 is 1.27 bits per heavy atom. The highest BCUT2D eigenvalue weighted by atomic mass is 32.2. The maximum atomic E-state index is 12.9. The lowest BCUT2D eigenvalue weighted by atomic mass is 10.2. The Bertz CT molecular complexity index is 770. The number of ether oxygens (including phenoxy) is 1. The Balaban J connectivity index is 1.39. The number of rotatable bonds is 7. The first kappa shape index (κ1) is 17.5. The van der Waals surface area contributed by atoms with Crippen LogP contribution in [0.2, 0.25) is 0 Å². The zero-order chi connectivity index (χ0) is 17.9. The predicted octanol–water partition coefficient (Wildman–Crippen LogP) is 3.20. The molecule has 6 nitrogen and oxygen atoms in total. The fraction of sp³-hybridized carbons (Fsp3) is 0.500. The van der Waals surface area contributed by atoms with E-state index in [2.05, 4.69) is 20.1 Å². The van der Waals surface area contributed by atoms with E-state index in [4.69, 9.17) is 4.74 Å². The molecular weight excluding hydrogens is 355 g/mol. The molecule has 0 bridgehead atoms. The van der Waals surface area contributed by atoms with Crippen molar-refractivity contribution in [2.45, 2.75) is 49.4 Å². The van der Waals surface area contributed by atoms with Gasteiger partial charge in [-0.1, -0.05) is 11.8 Å². The number of halogens is 1. The van der Waals surface area contributed by atoms with Crippen LogP contribution < -0.4 is 5.32 Å². The second-order valence-corrected chi connectivity index (χ2v) is 7.65. The molecule has 1 atom stereocenters. The quantitative estimate of drug-likeness (QED) is 0.752. The molecule has 1 aromatic carbocycles. The van der Waals surface area contributed by atoms with Crippen LogP contribution in [0, 0.1) is 5.82 Å². The first-order chi connectivity index (χ1) is 12.7. The highest BCUT2D eigenvalue weighted by Gasteiger charge is 2.31. The van der Waals surface area contributed by atoms with Crippen molar-refractivity contribution in [1.82, 2.24) is 14.8 Å². The number of carbonyl (C=O) groups is 1. The fourth-order valence-corrected chi connectivity index (χ4v) is 3.83. The standard InChI is InChI=1S/C18H21FN4O2S/c19-13-5-7-14(8-6-13)20-16(24)11-26-18-22-21-17(12-3-4-12)23(18)10-15-2-1-9-25-15/h5-8,12,15H,1-4,9-11H2,(H,20,24)/t15-/m1/s1. The van der Waals surface area contributed by atoms with Gasteiger partial charge in [-0.25, -0.2) is 4.39 Å². The summed E-state index contributed by atoms with van der Waals surface area (Å²) in [5.74, 6) is 1.26. The molecule has 0 spiro atoms. The van der Waals surface area contributed by atoms with Gasteiger partial charge in [-0.15, -0.1) is 10.2 Å². The number of aromatic nitrogens is 3. The van der Waals surface area contributed by atoms with Gasteiger partial charge in [0, 0.05) is 18.2 Å². The number of benzene rings is 1. The largest absolute Gasteiger partial charge is 0.376 e. The molecule has 2 aliphatic rings. The van der Waals surface area contributed by atoms with Crippen LogP contribution in [0.15, 0.2) is 29.4 Å². The normalized spacial score (nSPS) is 19.7. The summed E-state index contributed by atoms with van der Waals surface area (Å²) in [4.78, 5) is 12.2. The number of nitrogens with one attached hydrogen (secondary N) is 1. The number of carbonyl (C=O) groups excluding carboxylic acids is 1. The van der Waals surface area contributed by atoms with Gasteiger partial charge in [0.1, 0.15) is 11.6 Å². The summed E-state index contributed by atoms with van der Waals surface area (Å²) < 4.78 is 20.8. The minimum atomic E-state index is -0.327. The molecule has 138 valence electrons. The number of amides is 1. The first-order valence-electron chi connectivity index (χ1n) is 8.92. The third-order valence-corrected chi connectivity index (χ3v) is 5.53. The topological polar surface area (TPSA) is 69.0 Å². The van der Waals surface area contributed by atoms with E-state index < -0.39 is 0 Å². The molecule has 0 radical (unpaired) electrons. The predicted molar refractivity (Wildman–Crippen MR) is 96.7 cm³/mol. The number of hydrogen-bond donors (Lipinski definition) is 1. The van der Waals surface area contributed by atoms with E-state index in [1.54, 1.807) is 12.1 Å². The molecule has 1 aliphatic heterocycles. The van der Waals surface area contributed by atoms with Gasteiger partial charge >= 0.3 is 0 Å². The summed E-state index contributed by atoms with van der Waals surface area (Å²) in [5.41, 5.74) is 0.580. The van der Waals surface area contributed by atoms with Crippen LogP contribution in [0.3, 0.4) is 0 Å². The van der Waals surface area contributed by atoms with Crippen LogP contribution in [0.4, 0.5) is 10.1 Å². The molecule has 4 rings (SSSR count). The van der Waals surface area contributed by atoms with Crippen molar-refractivity contribution in [3.63, 3.8) is 0 Å². The molecule has 26 heavy (non-hydrogen) atoms. The third-order valence-electron chi connectivity index (χ3n) is 4.56. The smallest absolute Gasteiger partial charge is 0.234 e. The highest BCUT2D eigenvalue weighted by Crippen LogP contribution is 2.40. The zero-order valence-electron chi connectivity index (χ0n) is 14.4. The van der Waals surface area contributed by atoms with Gasteiger partial charge in [0.15, 0.2) is 5.16 Å². The van der Waals surface area contributed by atoms with E-state index in [0.717, 1.165) is 49.8 Å². The average Bonchev–Trinajstić information content (AvgIpc) is 3.20. The lowest BCUT2D eigenvalue weighted by Crippen LogP contribution is -2.19. The molecule has 8 heteroatoms. The summed E-state index contributed by atoms with van der Waals surface area (Å²) in [5, 5.41) is 12.2. The van der Waals surface area contributed by atoms with Gasteiger partial charge in [0.25, 0.3) is 0 Å². The first-order valence-corrected chi connectivity index (χ1v) is 9.90. The Morgan fingerprint density at radius 3 is 2.77 bits per heavy atom. The summed E-state index contributed by atoms with van der Waals surface area (Å²) >= 11 is 1.37. The molecule has 2 heterocycles. The van der Waals surface area contributed by atoms with Crippen LogP contribution in [0.25, 0.3) is 0 Å². The zero-order valence-corrected chi connectivity index (χ0v) is 15.2. The van der Waals surface area contributed by atoms with Crippen molar-refractivity contribution in [2.24, 2.45) is 0 Å². The van der Waals surface area contributed by atoms with Crippen LogP contribution >= 0.6 is 11.8 Å². The van der Waals surface area contributed by atoms with Crippen molar-refractivity contribution < 1.29 is 13.9 Å². The second-order valence-electron chi connectivity index (χ2n) is 6.70. The summed E-state index contributed by atoms with van der Waals surface area (Å²) in [6, 6.07) is 5.73. The SMILES string of the molecule is O=C(CSc1nnc(C2CC2)n1C[C@H]1CCCO1)Nc1ccc(F)cc1. The molecule has 1 aromatic heterocycles. The third kappa shape index (κ3) is 4.24. The van der Waals surface area contributed by atoms with Crippen molar-refractivity contribution in [1.29, 1.82) is 0 Å². The van der Waals surface area contributed by atoms with E-state index in [1.165, 1.54) is 23.9 Å². The van der Waals surface area contributed by atoms with Crippen molar-refractivity contribution in [2.75, 3.05) is 17.7 Å². The van der Waals surface area contributed by atoms with Gasteiger partial charge in [-0.3, -0.25) is 4.79 Å². The van der Waals surface area contributed by atoms with Crippen molar-refractivity contribution in [3.8, 4) is 0 Å². The number of nitrogens with zero attached hydrogens (tertiary/aromatic N) is 3. The van der Waals surface area contributed by atoms with Crippen molar-refractivity contribution >= 4 is 23.4 Å². The molecule has 2 fully saturated rings. The van der Waals surface area contributed by atoms with E-state index in [-0.39, 0.29) is 23.6 Å². The van der Waals surface area contributed by atoms with E-state index in [1.807, 2.05) is 0 Å². The summed E-state index contributed by atoms with van der Waals surface area (Å²) in [7, 11) is 0. The van der Waals surface area contributed by atoms with Crippen LogP contribution in [-0.4, -0.2) is 39.1 Å². The maximum absolute atomic E-state index is 12.9. The van der Waals surface area contributed by atoms with Crippen LogP contribution in [-0.2, 0) is 16.1 Å². The second kappa shape index (κ2) is 7.75. The molecule has 1 saturated heterocycles. The average molecular weight is 376 g/mol. The Labute approximate surface area is 155 Å². The lowest BCUT2D eigenvalue weighted by molar-refractivity contribution is -0.113. The monoisotopic (exact) mass is 376 g/mol. The van der Waals surface area contributed by atoms with E-state index >= 15 is 0 Å². The number of anilines is 1. The van der Waals surface area contributed by atoms with Crippen LogP contribution in [0.5, 0.6) is 0 Å². The lowest BCUT2D eigenvalue weighted by Gasteiger charge is -2.14.